The van der Waals surface area contributed by atoms with Crippen LogP contribution in [-0.2, 0) is 14.3 Å². The minimum absolute atomic E-state index is 0.499. The lowest BCUT2D eigenvalue weighted by molar-refractivity contribution is 0.130. The smallest absolute Gasteiger partial charge is 0.417 e. The molecule has 77 valence electrons. The second-order valence-corrected chi connectivity index (χ2v) is 2.96. The van der Waals surface area contributed by atoms with Crippen molar-refractivity contribution in [2.75, 3.05) is 19.8 Å². The van der Waals surface area contributed by atoms with Gasteiger partial charge in [-0.3, -0.25) is 0 Å². The Labute approximate surface area is 80.4 Å². The molecule has 3 nitrogen and oxygen atoms in total. The van der Waals surface area contributed by atoms with Crippen molar-refractivity contribution in [2.45, 2.75) is 39.0 Å². The SMILES string of the molecule is CCCOCCCCCCO[C]=O. The molecular weight excluding hydrogens is 168 g/mol. The molecule has 0 aliphatic carbocycles. The zero-order valence-corrected chi connectivity index (χ0v) is 8.38. The first-order valence-corrected chi connectivity index (χ1v) is 4.98. The summed E-state index contributed by atoms with van der Waals surface area (Å²) in [4.78, 5) is 9.64. The maximum Gasteiger partial charge on any atom is 0.417 e. The Morgan fingerprint density at radius 1 is 1.00 bits per heavy atom. The summed E-state index contributed by atoms with van der Waals surface area (Å²) in [6, 6.07) is 0. The van der Waals surface area contributed by atoms with Crippen molar-refractivity contribution in [3.63, 3.8) is 0 Å². The van der Waals surface area contributed by atoms with Gasteiger partial charge >= 0.3 is 6.47 Å². The van der Waals surface area contributed by atoms with Crippen LogP contribution in [-0.4, -0.2) is 26.3 Å². The number of rotatable bonds is 10. The largest absolute Gasteiger partial charge is 0.457 e. The van der Waals surface area contributed by atoms with Crippen LogP contribution in [0.4, 0.5) is 0 Å². The first-order chi connectivity index (χ1) is 6.41. The highest BCUT2D eigenvalue weighted by atomic mass is 16.5. The van der Waals surface area contributed by atoms with E-state index in [-0.39, 0.29) is 0 Å². The molecule has 13 heavy (non-hydrogen) atoms. The van der Waals surface area contributed by atoms with Crippen LogP contribution in [0.5, 0.6) is 0 Å². The summed E-state index contributed by atoms with van der Waals surface area (Å²) in [5.74, 6) is 0. The van der Waals surface area contributed by atoms with Crippen LogP contribution < -0.4 is 0 Å². The highest BCUT2D eigenvalue weighted by molar-refractivity contribution is 5.37. The summed E-state index contributed by atoms with van der Waals surface area (Å²) < 4.78 is 9.76. The Balaban J connectivity index is 2.79. The molecule has 3 heteroatoms. The monoisotopic (exact) mass is 187 g/mol. The lowest BCUT2D eigenvalue weighted by atomic mass is 10.2. The molecule has 0 aromatic rings. The molecular formula is C10H19O3. The minimum atomic E-state index is 0.499. The molecule has 0 aromatic carbocycles. The van der Waals surface area contributed by atoms with E-state index >= 15 is 0 Å². The lowest BCUT2D eigenvalue weighted by Gasteiger charge is -2.01. The van der Waals surface area contributed by atoms with Gasteiger partial charge < -0.3 is 9.47 Å². The molecule has 0 aliphatic rings. The van der Waals surface area contributed by atoms with E-state index in [0.29, 0.717) is 6.61 Å². The van der Waals surface area contributed by atoms with E-state index in [1.165, 1.54) is 6.47 Å². The third-order valence-electron chi connectivity index (χ3n) is 1.69. The molecule has 0 bridgehead atoms. The molecule has 0 amide bonds. The predicted molar refractivity (Wildman–Crippen MR) is 51.2 cm³/mol. The van der Waals surface area contributed by atoms with Crippen molar-refractivity contribution >= 4 is 6.47 Å². The minimum Gasteiger partial charge on any atom is -0.457 e. The summed E-state index contributed by atoms with van der Waals surface area (Å²) in [6.45, 7) is 5.74. The zero-order valence-electron chi connectivity index (χ0n) is 8.38. The molecule has 0 fully saturated rings. The van der Waals surface area contributed by atoms with E-state index in [2.05, 4.69) is 11.7 Å². The van der Waals surface area contributed by atoms with Crippen LogP contribution in [0.25, 0.3) is 0 Å². The van der Waals surface area contributed by atoms with Crippen LogP contribution >= 0.6 is 0 Å². The van der Waals surface area contributed by atoms with Crippen LogP contribution in [0.3, 0.4) is 0 Å². The summed E-state index contributed by atoms with van der Waals surface area (Å²) >= 11 is 0. The van der Waals surface area contributed by atoms with Crippen molar-refractivity contribution in [3.05, 3.63) is 0 Å². The first kappa shape index (κ1) is 12.4. The third kappa shape index (κ3) is 11.4. The van der Waals surface area contributed by atoms with Gasteiger partial charge in [0, 0.05) is 13.2 Å². The summed E-state index contributed by atoms with van der Waals surface area (Å²) in [5.41, 5.74) is 0. The molecule has 0 aromatic heterocycles. The van der Waals surface area contributed by atoms with E-state index in [1.807, 2.05) is 0 Å². The fourth-order valence-electron chi connectivity index (χ4n) is 1.02. The second-order valence-electron chi connectivity index (χ2n) is 2.96. The molecule has 0 rings (SSSR count). The highest BCUT2D eigenvalue weighted by Crippen LogP contribution is 2.00. The molecule has 0 heterocycles. The Bertz CT molecular complexity index is 104. The van der Waals surface area contributed by atoms with E-state index in [9.17, 15) is 4.79 Å². The lowest BCUT2D eigenvalue weighted by Crippen LogP contribution is -1.96. The molecule has 0 saturated carbocycles. The summed E-state index contributed by atoms with van der Waals surface area (Å²) in [6.07, 6.45) is 5.36. The number of hydrogen-bond donors (Lipinski definition) is 0. The van der Waals surface area contributed by atoms with Gasteiger partial charge in [-0.25, -0.2) is 4.79 Å². The average molecular weight is 187 g/mol. The Morgan fingerprint density at radius 2 is 1.69 bits per heavy atom. The van der Waals surface area contributed by atoms with Gasteiger partial charge in [0.05, 0.1) is 6.61 Å². The van der Waals surface area contributed by atoms with Crippen LogP contribution in [0.15, 0.2) is 0 Å². The van der Waals surface area contributed by atoms with E-state index in [0.717, 1.165) is 45.3 Å². The van der Waals surface area contributed by atoms with E-state index in [4.69, 9.17) is 4.74 Å². The first-order valence-electron chi connectivity index (χ1n) is 4.98. The zero-order chi connectivity index (χ0) is 9.78. The molecule has 0 spiro atoms. The van der Waals surface area contributed by atoms with Gasteiger partial charge in [-0.2, -0.15) is 0 Å². The fraction of sp³-hybridized carbons (Fsp3) is 0.900. The Hall–Kier alpha value is -0.570. The summed E-state index contributed by atoms with van der Waals surface area (Å²) in [7, 11) is 0. The molecule has 0 aliphatic heterocycles. The fourth-order valence-corrected chi connectivity index (χ4v) is 1.02. The van der Waals surface area contributed by atoms with E-state index < -0.39 is 0 Å². The number of hydrogen-bond acceptors (Lipinski definition) is 3. The third-order valence-corrected chi connectivity index (χ3v) is 1.69. The van der Waals surface area contributed by atoms with Gasteiger partial charge in [-0.15, -0.1) is 0 Å². The van der Waals surface area contributed by atoms with Gasteiger partial charge in [0.2, 0.25) is 0 Å². The number of carbonyl (C=O) groups excluding carboxylic acids is 1. The molecule has 0 N–H and O–H groups in total. The molecule has 0 unspecified atom stereocenters. The van der Waals surface area contributed by atoms with Crippen molar-refractivity contribution < 1.29 is 14.3 Å². The Kier molecular flexibility index (Phi) is 10.9. The average Bonchev–Trinajstić information content (AvgIpc) is 2.16. The van der Waals surface area contributed by atoms with Gasteiger partial charge in [-0.05, 0) is 25.7 Å². The van der Waals surface area contributed by atoms with Crippen molar-refractivity contribution in [3.8, 4) is 0 Å². The van der Waals surface area contributed by atoms with Crippen molar-refractivity contribution in [1.82, 2.24) is 0 Å². The normalized spacial score (nSPS) is 9.92. The van der Waals surface area contributed by atoms with Gasteiger partial charge in [0.1, 0.15) is 0 Å². The van der Waals surface area contributed by atoms with Gasteiger partial charge in [0.25, 0.3) is 0 Å². The van der Waals surface area contributed by atoms with Gasteiger partial charge in [0.15, 0.2) is 0 Å². The molecule has 1 radical (unpaired) electrons. The summed E-state index contributed by atoms with van der Waals surface area (Å²) in [5, 5.41) is 0. The quantitative estimate of drug-likeness (QED) is 0.491. The molecule has 0 saturated heterocycles. The topological polar surface area (TPSA) is 35.5 Å². The Morgan fingerprint density at radius 3 is 2.31 bits per heavy atom. The van der Waals surface area contributed by atoms with E-state index in [1.54, 1.807) is 0 Å². The maximum absolute atomic E-state index is 9.64. The van der Waals surface area contributed by atoms with Crippen LogP contribution in [0.1, 0.15) is 39.0 Å². The van der Waals surface area contributed by atoms with Crippen LogP contribution in [0.2, 0.25) is 0 Å². The predicted octanol–water partition coefficient (Wildman–Crippen LogP) is 2.06. The van der Waals surface area contributed by atoms with Crippen molar-refractivity contribution in [2.24, 2.45) is 0 Å². The number of ether oxygens (including phenoxy) is 2. The second kappa shape index (κ2) is 11.4. The number of unbranched alkanes of at least 4 members (excludes halogenated alkanes) is 3. The maximum atomic E-state index is 9.64. The molecule has 0 atom stereocenters. The van der Waals surface area contributed by atoms with Crippen LogP contribution in [0, 0.1) is 0 Å². The highest BCUT2D eigenvalue weighted by Gasteiger charge is 1.91. The van der Waals surface area contributed by atoms with Crippen molar-refractivity contribution in [1.29, 1.82) is 0 Å². The standard InChI is InChI=1S/C10H19O3/c1-2-7-12-8-5-3-4-6-9-13-10-11/h2-9H2,1H3. The van der Waals surface area contributed by atoms with Gasteiger partial charge in [-0.1, -0.05) is 13.3 Å².